The number of amides is 1. The Morgan fingerprint density at radius 1 is 1.00 bits per heavy atom. The minimum absolute atomic E-state index is 0.214. The maximum absolute atomic E-state index is 12.0. The normalized spacial score (nSPS) is 11.5. The number of hydrogen-bond donors (Lipinski definition) is 1. The number of carbonyl (C=O) groups excluding carboxylic acids is 3. The standard InChI is InChI=1S/C22H25NO6/c1-14(2)28-22(26)17-8-10-18(11-9-17)23-20(24)13-27-21(25)16(4)29-19-7-5-6-15(3)12-19/h5-12,14,16H,13H2,1-4H3,(H,23,24)/t16-/m0/s1. The van der Waals surface area contributed by atoms with Gasteiger partial charge in [-0.1, -0.05) is 12.1 Å². The maximum Gasteiger partial charge on any atom is 0.347 e. The van der Waals surface area contributed by atoms with Crippen LogP contribution in [0.4, 0.5) is 5.69 Å². The zero-order chi connectivity index (χ0) is 21.4. The van der Waals surface area contributed by atoms with Crippen LogP contribution in [0.15, 0.2) is 48.5 Å². The first-order valence-electron chi connectivity index (χ1n) is 9.25. The molecule has 0 fully saturated rings. The van der Waals surface area contributed by atoms with E-state index in [0.29, 0.717) is 17.0 Å². The van der Waals surface area contributed by atoms with Gasteiger partial charge in [0.15, 0.2) is 12.7 Å². The fraction of sp³-hybridized carbons (Fsp3) is 0.318. The van der Waals surface area contributed by atoms with Crippen LogP contribution in [-0.2, 0) is 19.1 Å². The molecule has 0 saturated heterocycles. The van der Waals surface area contributed by atoms with Gasteiger partial charge in [-0.2, -0.15) is 0 Å². The molecule has 0 aliphatic rings. The summed E-state index contributed by atoms with van der Waals surface area (Å²) in [6.45, 7) is 6.55. The Balaban J connectivity index is 1.80. The molecule has 0 saturated carbocycles. The van der Waals surface area contributed by atoms with E-state index in [1.165, 1.54) is 0 Å². The lowest BCUT2D eigenvalue weighted by Crippen LogP contribution is -2.29. The number of carbonyl (C=O) groups is 3. The molecule has 1 atom stereocenters. The van der Waals surface area contributed by atoms with Gasteiger partial charge in [-0.05, 0) is 69.7 Å². The molecule has 0 unspecified atom stereocenters. The molecule has 0 bridgehead atoms. The number of aryl methyl sites for hydroxylation is 1. The van der Waals surface area contributed by atoms with Gasteiger partial charge >= 0.3 is 11.9 Å². The summed E-state index contributed by atoms with van der Waals surface area (Å²) in [6, 6.07) is 13.5. The lowest BCUT2D eigenvalue weighted by atomic mass is 10.2. The first kappa shape index (κ1) is 21.9. The van der Waals surface area contributed by atoms with E-state index in [1.807, 2.05) is 19.1 Å². The SMILES string of the molecule is Cc1cccc(O[C@@H](C)C(=O)OCC(=O)Nc2ccc(C(=O)OC(C)C)cc2)c1. The van der Waals surface area contributed by atoms with Crippen LogP contribution in [0, 0.1) is 6.92 Å². The highest BCUT2D eigenvalue weighted by molar-refractivity contribution is 5.94. The van der Waals surface area contributed by atoms with Crippen LogP contribution in [0.2, 0.25) is 0 Å². The van der Waals surface area contributed by atoms with E-state index in [2.05, 4.69) is 5.32 Å². The van der Waals surface area contributed by atoms with Gasteiger partial charge in [-0.15, -0.1) is 0 Å². The number of rotatable bonds is 8. The average molecular weight is 399 g/mol. The predicted octanol–water partition coefficient (Wildman–Crippen LogP) is 3.51. The third kappa shape index (κ3) is 7.29. The minimum Gasteiger partial charge on any atom is -0.479 e. The Morgan fingerprint density at radius 3 is 2.31 bits per heavy atom. The zero-order valence-corrected chi connectivity index (χ0v) is 16.9. The van der Waals surface area contributed by atoms with Crippen molar-refractivity contribution in [1.82, 2.24) is 0 Å². The molecule has 29 heavy (non-hydrogen) atoms. The number of anilines is 1. The molecule has 1 N–H and O–H groups in total. The van der Waals surface area contributed by atoms with Gasteiger partial charge in [-0.3, -0.25) is 4.79 Å². The summed E-state index contributed by atoms with van der Waals surface area (Å²) in [5.41, 5.74) is 1.85. The number of hydrogen-bond acceptors (Lipinski definition) is 6. The number of esters is 2. The quantitative estimate of drug-likeness (QED) is 0.683. The monoisotopic (exact) mass is 399 g/mol. The largest absolute Gasteiger partial charge is 0.479 e. The molecule has 2 aromatic rings. The van der Waals surface area contributed by atoms with Crippen LogP contribution >= 0.6 is 0 Å². The Kier molecular flexibility index (Phi) is 7.77. The Morgan fingerprint density at radius 2 is 1.69 bits per heavy atom. The number of nitrogens with one attached hydrogen (secondary N) is 1. The highest BCUT2D eigenvalue weighted by atomic mass is 16.6. The van der Waals surface area contributed by atoms with Crippen LogP contribution in [-0.4, -0.2) is 36.7 Å². The molecule has 0 radical (unpaired) electrons. The molecule has 1 amide bonds. The van der Waals surface area contributed by atoms with Gasteiger partial charge < -0.3 is 19.5 Å². The maximum atomic E-state index is 12.0. The van der Waals surface area contributed by atoms with Crippen LogP contribution < -0.4 is 10.1 Å². The summed E-state index contributed by atoms with van der Waals surface area (Å²) >= 11 is 0. The third-order valence-electron chi connectivity index (χ3n) is 3.73. The molecule has 2 aromatic carbocycles. The van der Waals surface area contributed by atoms with Gasteiger partial charge in [-0.25, -0.2) is 9.59 Å². The second-order valence-corrected chi connectivity index (χ2v) is 6.76. The number of benzene rings is 2. The third-order valence-corrected chi connectivity index (χ3v) is 3.73. The fourth-order valence-corrected chi connectivity index (χ4v) is 2.36. The van der Waals surface area contributed by atoms with E-state index in [4.69, 9.17) is 14.2 Å². The van der Waals surface area contributed by atoms with Crippen LogP contribution in [0.25, 0.3) is 0 Å². The summed E-state index contributed by atoms with van der Waals surface area (Å²) < 4.78 is 15.6. The summed E-state index contributed by atoms with van der Waals surface area (Å²) in [5, 5.41) is 2.59. The van der Waals surface area contributed by atoms with Gasteiger partial charge in [0.25, 0.3) is 5.91 Å². The zero-order valence-electron chi connectivity index (χ0n) is 16.9. The molecule has 2 rings (SSSR count). The predicted molar refractivity (Wildman–Crippen MR) is 108 cm³/mol. The van der Waals surface area contributed by atoms with Crippen LogP contribution in [0.1, 0.15) is 36.7 Å². The van der Waals surface area contributed by atoms with Crippen LogP contribution in [0.3, 0.4) is 0 Å². The van der Waals surface area contributed by atoms with Crippen molar-refractivity contribution < 1.29 is 28.6 Å². The Bertz CT molecular complexity index is 860. The smallest absolute Gasteiger partial charge is 0.347 e. The first-order chi connectivity index (χ1) is 13.7. The van der Waals surface area contributed by atoms with Crippen molar-refractivity contribution in [2.24, 2.45) is 0 Å². The molecule has 0 aliphatic carbocycles. The Hall–Kier alpha value is -3.35. The molecular weight excluding hydrogens is 374 g/mol. The molecule has 0 aromatic heterocycles. The van der Waals surface area contributed by atoms with E-state index in [1.54, 1.807) is 57.2 Å². The number of ether oxygens (including phenoxy) is 3. The van der Waals surface area contributed by atoms with Gasteiger partial charge in [0.1, 0.15) is 5.75 Å². The van der Waals surface area contributed by atoms with Crippen molar-refractivity contribution >= 4 is 23.5 Å². The second-order valence-electron chi connectivity index (χ2n) is 6.76. The molecule has 0 aliphatic heterocycles. The molecular formula is C22H25NO6. The van der Waals surface area contributed by atoms with E-state index in [-0.39, 0.29) is 6.10 Å². The molecule has 7 heteroatoms. The summed E-state index contributed by atoms with van der Waals surface area (Å²) in [6.07, 6.45) is -1.07. The van der Waals surface area contributed by atoms with E-state index < -0.39 is 30.6 Å². The van der Waals surface area contributed by atoms with Crippen molar-refractivity contribution in [1.29, 1.82) is 0 Å². The average Bonchev–Trinajstić information content (AvgIpc) is 2.66. The highest BCUT2D eigenvalue weighted by Crippen LogP contribution is 2.15. The topological polar surface area (TPSA) is 90.9 Å². The summed E-state index contributed by atoms with van der Waals surface area (Å²) in [4.78, 5) is 35.8. The van der Waals surface area contributed by atoms with Gasteiger partial charge in [0.2, 0.25) is 0 Å². The van der Waals surface area contributed by atoms with Crippen LogP contribution in [0.5, 0.6) is 5.75 Å². The van der Waals surface area contributed by atoms with E-state index in [0.717, 1.165) is 5.56 Å². The molecule has 154 valence electrons. The van der Waals surface area contributed by atoms with Gasteiger partial charge in [0, 0.05) is 5.69 Å². The summed E-state index contributed by atoms with van der Waals surface area (Å²) in [7, 11) is 0. The lowest BCUT2D eigenvalue weighted by molar-refractivity contribution is -0.153. The van der Waals surface area contributed by atoms with Crippen molar-refractivity contribution in [2.45, 2.75) is 39.9 Å². The van der Waals surface area contributed by atoms with Crippen molar-refractivity contribution in [3.8, 4) is 5.75 Å². The van der Waals surface area contributed by atoms with E-state index >= 15 is 0 Å². The van der Waals surface area contributed by atoms with Crippen molar-refractivity contribution in [3.05, 3.63) is 59.7 Å². The molecule has 7 nitrogen and oxygen atoms in total. The summed E-state index contributed by atoms with van der Waals surface area (Å²) in [5.74, 6) is -1.03. The minimum atomic E-state index is -0.851. The van der Waals surface area contributed by atoms with Gasteiger partial charge in [0.05, 0.1) is 11.7 Å². The van der Waals surface area contributed by atoms with Crippen molar-refractivity contribution in [2.75, 3.05) is 11.9 Å². The lowest BCUT2D eigenvalue weighted by Gasteiger charge is -2.14. The second kappa shape index (κ2) is 10.3. The molecule has 0 spiro atoms. The Labute approximate surface area is 170 Å². The fourth-order valence-electron chi connectivity index (χ4n) is 2.36. The van der Waals surface area contributed by atoms with Crippen molar-refractivity contribution in [3.63, 3.8) is 0 Å². The van der Waals surface area contributed by atoms with E-state index in [9.17, 15) is 14.4 Å². The first-order valence-corrected chi connectivity index (χ1v) is 9.25. The highest BCUT2D eigenvalue weighted by Gasteiger charge is 2.18. The molecule has 0 heterocycles.